The van der Waals surface area contributed by atoms with Gasteiger partial charge in [0.2, 0.25) is 5.95 Å². The lowest BCUT2D eigenvalue weighted by Gasteiger charge is -2.36. The van der Waals surface area contributed by atoms with Crippen LogP contribution in [0.2, 0.25) is 0 Å². The molecular formula is C13H23N3O. The highest BCUT2D eigenvalue weighted by atomic mass is 16.5. The second-order valence-corrected chi connectivity index (χ2v) is 5.43. The van der Waals surface area contributed by atoms with Crippen molar-refractivity contribution < 1.29 is 4.74 Å². The van der Waals surface area contributed by atoms with Crippen LogP contribution in [0.3, 0.4) is 0 Å². The molecule has 1 aromatic heterocycles. The third kappa shape index (κ3) is 3.00. The van der Waals surface area contributed by atoms with Crippen molar-refractivity contribution in [3.63, 3.8) is 0 Å². The highest BCUT2D eigenvalue weighted by Gasteiger charge is 2.29. The maximum Gasteiger partial charge on any atom is 0.203 e. The van der Waals surface area contributed by atoms with Crippen molar-refractivity contribution in [1.82, 2.24) is 9.55 Å². The lowest BCUT2D eigenvalue weighted by atomic mass is 9.94. The number of nitrogens with one attached hydrogen (secondary N) is 1. The lowest BCUT2D eigenvalue weighted by Crippen LogP contribution is -2.40. The quantitative estimate of drug-likeness (QED) is 0.878. The third-order valence-corrected chi connectivity index (χ3v) is 3.27. The Morgan fingerprint density at radius 2 is 2.35 bits per heavy atom. The summed E-state index contributed by atoms with van der Waals surface area (Å²) in [6.45, 7) is 10.3. The second kappa shape index (κ2) is 4.69. The molecule has 0 bridgehead atoms. The van der Waals surface area contributed by atoms with Gasteiger partial charge in [-0.3, -0.25) is 0 Å². The van der Waals surface area contributed by atoms with Crippen LogP contribution in [0.5, 0.6) is 0 Å². The molecule has 0 aliphatic carbocycles. The van der Waals surface area contributed by atoms with E-state index >= 15 is 0 Å². The number of nitrogens with zero attached hydrogens (tertiary/aromatic N) is 2. The number of imidazole rings is 1. The van der Waals surface area contributed by atoms with E-state index in [0.29, 0.717) is 6.04 Å². The number of aryl methyl sites for hydroxylation is 2. The Kier molecular flexibility index (Phi) is 3.43. The van der Waals surface area contributed by atoms with Crippen LogP contribution < -0.4 is 5.32 Å². The topological polar surface area (TPSA) is 39.1 Å². The first-order valence-electron chi connectivity index (χ1n) is 6.44. The highest BCUT2D eigenvalue weighted by molar-refractivity contribution is 5.30. The monoisotopic (exact) mass is 237 g/mol. The predicted octanol–water partition coefficient (Wildman–Crippen LogP) is 2.58. The fourth-order valence-electron chi connectivity index (χ4n) is 2.44. The van der Waals surface area contributed by atoms with Gasteiger partial charge in [-0.05, 0) is 40.5 Å². The van der Waals surface area contributed by atoms with Gasteiger partial charge in [-0.1, -0.05) is 0 Å². The average Bonchev–Trinajstić information content (AvgIpc) is 2.57. The Labute approximate surface area is 103 Å². The smallest absolute Gasteiger partial charge is 0.203 e. The minimum absolute atomic E-state index is 0.0192. The number of aromatic nitrogens is 2. The van der Waals surface area contributed by atoms with Gasteiger partial charge in [-0.25, -0.2) is 4.98 Å². The molecule has 4 heteroatoms. The van der Waals surface area contributed by atoms with Crippen LogP contribution in [-0.2, 0) is 11.3 Å². The fourth-order valence-corrected chi connectivity index (χ4v) is 2.44. The molecular weight excluding hydrogens is 214 g/mol. The van der Waals surface area contributed by atoms with E-state index in [9.17, 15) is 0 Å². The molecule has 0 spiro atoms. The van der Waals surface area contributed by atoms with E-state index in [0.717, 1.165) is 37.6 Å². The van der Waals surface area contributed by atoms with Gasteiger partial charge in [0, 0.05) is 25.4 Å². The van der Waals surface area contributed by atoms with Gasteiger partial charge in [-0.2, -0.15) is 0 Å². The van der Waals surface area contributed by atoms with Crippen LogP contribution in [0.4, 0.5) is 5.95 Å². The molecule has 0 aromatic carbocycles. The van der Waals surface area contributed by atoms with Crippen LogP contribution in [0, 0.1) is 6.92 Å². The minimum Gasteiger partial charge on any atom is -0.375 e. The van der Waals surface area contributed by atoms with Gasteiger partial charge in [0.15, 0.2) is 0 Å². The molecule has 96 valence electrons. The maximum absolute atomic E-state index is 5.73. The van der Waals surface area contributed by atoms with E-state index in [1.54, 1.807) is 0 Å². The summed E-state index contributed by atoms with van der Waals surface area (Å²) in [6, 6.07) is 0.464. The van der Waals surface area contributed by atoms with Gasteiger partial charge >= 0.3 is 0 Å². The first-order valence-corrected chi connectivity index (χ1v) is 6.44. The van der Waals surface area contributed by atoms with Crippen LogP contribution in [0.15, 0.2) is 6.20 Å². The summed E-state index contributed by atoms with van der Waals surface area (Å²) in [5.74, 6) is 0.993. The van der Waals surface area contributed by atoms with Crippen molar-refractivity contribution in [1.29, 1.82) is 0 Å². The SMILES string of the molecule is CCn1cc(C)nc1NC1CCOC(C)(C)C1. The van der Waals surface area contributed by atoms with Crippen molar-refractivity contribution >= 4 is 5.95 Å². The fraction of sp³-hybridized carbons (Fsp3) is 0.769. The van der Waals surface area contributed by atoms with Gasteiger partial charge in [0.25, 0.3) is 0 Å². The van der Waals surface area contributed by atoms with Crippen molar-refractivity contribution in [2.75, 3.05) is 11.9 Å². The Bertz CT molecular complexity index is 384. The molecule has 1 aliphatic rings. The van der Waals surface area contributed by atoms with Gasteiger partial charge in [0.1, 0.15) is 0 Å². The van der Waals surface area contributed by atoms with E-state index in [-0.39, 0.29) is 5.60 Å². The summed E-state index contributed by atoms with van der Waals surface area (Å²) in [5, 5.41) is 3.55. The summed E-state index contributed by atoms with van der Waals surface area (Å²) < 4.78 is 7.89. The molecule has 1 saturated heterocycles. The summed E-state index contributed by atoms with van der Waals surface area (Å²) >= 11 is 0. The molecule has 4 nitrogen and oxygen atoms in total. The third-order valence-electron chi connectivity index (χ3n) is 3.27. The molecule has 17 heavy (non-hydrogen) atoms. The molecule has 1 fully saturated rings. The van der Waals surface area contributed by atoms with Crippen LogP contribution in [0.1, 0.15) is 39.3 Å². The Balaban J connectivity index is 2.04. The Morgan fingerprint density at radius 1 is 1.59 bits per heavy atom. The highest BCUT2D eigenvalue weighted by Crippen LogP contribution is 2.26. The predicted molar refractivity (Wildman–Crippen MR) is 69.3 cm³/mol. The summed E-state index contributed by atoms with van der Waals surface area (Å²) in [7, 11) is 0. The molecule has 1 aliphatic heterocycles. The van der Waals surface area contributed by atoms with E-state index in [1.807, 2.05) is 6.92 Å². The number of anilines is 1. The Morgan fingerprint density at radius 3 is 3.00 bits per heavy atom. The zero-order valence-corrected chi connectivity index (χ0v) is 11.3. The number of ether oxygens (including phenoxy) is 1. The summed E-state index contributed by atoms with van der Waals surface area (Å²) in [5.41, 5.74) is 1.05. The van der Waals surface area contributed by atoms with Gasteiger partial charge in [0.05, 0.1) is 11.3 Å². The van der Waals surface area contributed by atoms with Gasteiger partial charge < -0.3 is 14.6 Å². The number of hydrogen-bond donors (Lipinski definition) is 1. The van der Waals surface area contributed by atoms with E-state index in [1.165, 1.54) is 0 Å². The molecule has 0 radical (unpaired) electrons. The molecule has 2 heterocycles. The van der Waals surface area contributed by atoms with Crippen LogP contribution in [0.25, 0.3) is 0 Å². The van der Waals surface area contributed by atoms with Crippen LogP contribution >= 0.6 is 0 Å². The number of hydrogen-bond acceptors (Lipinski definition) is 3. The van der Waals surface area contributed by atoms with Crippen molar-refractivity contribution in [3.05, 3.63) is 11.9 Å². The molecule has 0 amide bonds. The van der Waals surface area contributed by atoms with Crippen molar-refractivity contribution in [2.45, 2.75) is 58.7 Å². The molecule has 1 unspecified atom stereocenters. The summed E-state index contributed by atoms with van der Waals surface area (Å²) in [4.78, 5) is 4.53. The zero-order valence-electron chi connectivity index (χ0n) is 11.3. The average molecular weight is 237 g/mol. The molecule has 1 atom stereocenters. The standard InChI is InChI=1S/C13H23N3O/c1-5-16-9-10(2)14-12(16)15-11-6-7-17-13(3,4)8-11/h9,11H,5-8H2,1-4H3,(H,14,15). The summed E-state index contributed by atoms with van der Waals surface area (Å²) in [6.07, 6.45) is 4.18. The first-order chi connectivity index (χ1) is 8.00. The molecule has 0 saturated carbocycles. The van der Waals surface area contributed by atoms with E-state index in [2.05, 4.69) is 41.8 Å². The zero-order chi connectivity index (χ0) is 12.5. The van der Waals surface area contributed by atoms with E-state index in [4.69, 9.17) is 4.74 Å². The Hall–Kier alpha value is -1.03. The van der Waals surface area contributed by atoms with Crippen molar-refractivity contribution in [3.8, 4) is 0 Å². The second-order valence-electron chi connectivity index (χ2n) is 5.43. The minimum atomic E-state index is -0.0192. The lowest BCUT2D eigenvalue weighted by molar-refractivity contribution is -0.0554. The van der Waals surface area contributed by atoms with Gasteiger partial charge in [-0.15, -0.1) is 0 Å². The first kappa shape index (κ1) is 12.4. The number of rotatable bonds is 3. The normalized spacial score (nSPS) is 23.6. The van der Waals surface area contributed by atoms with Crippen LogP contribution in [-0.4, -0.2) is 27.8 Å². The van der Waals surface area contributed by atoms with E-state index < -0.39 is 0 Å². The molecule has 2 rings (SSSR count). The molecule has 1 N–H and O–H groups in total. The maximum atomic E-state index is 5.73. The molecule has 1 aromatic rings. The largest absolute Gasteiger partial charge is 0.375 e. The van der Waals surface area contributed by atoms with Crippen molar-refractivity contribution in [2.24, 2.45) is 0 Å².